The van der Waals surface area contributed by atoms with Crippen molar-refractivity contribution >= 4 is 0 Å². The van der Waals surface area contributed by atoms with Crippen LogP contribution in [0.25, 0.3) is 0 Å². The molecule has 2 nitrogen and oxygen atoms in total. The molecule has 1 fully saturated rings. The van der Waals surface area contributed by atoms with Gasteiger partial charge in [-0.2, -0.15) is 0 Å². The van der Waals surface area contributed by atoms with Crippen LogP contribution in [-0.2, 0) is 0 Å². The van der Waals surface area contributed by atoms with Crippen molar-refractivity contribution in [2.75, 3.05) is 6.61 Å². The van der Waals surface area contributed by atoms with Crippen molar-refractivity contribution in [3.63, 3.8) is 0 Å². The van der Waals surface area contributed by atoms with Gasteiger partial charge in [0, 0.05) is 6.61 Å². The van der Waals surface area contributed by atoms with Crippen molar-refractivity contribution in [3.8, 4) is 0 Å². The Balaban J connectivity index is 2.48. The molecular formula is C10H20O2. The highest BCUT2D eigenvalue weighted by Gasteiger charge is 2.30. The van der Waals surface area contributed by atoms with Crippen LogP contribution in [0, 0.1) is 17.8 Å². The van der Waals surface area contributed by atoms with Crippen LogP contribution in [0.4, 0.5) is 0 Å². The second-order valence-corrected chi connectivity index (χ2v) is 4.31. The third-order valence-corrected chi connectivity index (χ3v) is 3.14. The van der Waals surface area contributed by atoms with Crippen molar-refractivity contribution in [1.29, 1.82) is 0 Å². The molecular weight excluding hydrogens is 152 g/mol. The summed E-state index contributed by atoms with van der Waals surface area (Å²) in [5, 5.41) is 18.7. The van der Waals surface area contributed by atoms with Gasteiger partial charge in [-0.25, -0.2) is 0 Å². The summed E-state index contributed by atoms with van der Waals surface area (Å²) in [6.45, 7) is 4.45. The number of aliphatic hydroxyl groups is 2. The average Bonchev–Trinajstić information content (AvgIpc) is 2.08. The molecule has 1 saturated carbocycles. The molecule has 0 aromatic carbocycles. The Bertz CT molecular complexity index is 132. The minimum absolute atomic E-state index is 0.177. The van der Waals surface area contributed by atoms with Crippen LogP contribution in [0.2, 0.25) is 0 Å². The summed E-state index contributed by atoms with van der Waals surface area (Å²) in [4.78, 5) is 0. The predicted octanol–water partition coefficient (Wildman–Crippen LogP) is 1.41. The maximum atomic E-state index is 9.68. The molecule has 0 amide bonds. The lowest BCUT2D eigenvalue weighted by atomic mass is 9.75. The van der Waals surface area contributed by atoms with Gasteiger partial charge in [-0.3, -0.25) is 0 Å². The molecule has 72 valence electrons. The van der Waals surface area contributed by atoms with Gasteiger partial charge in [-0.15, -0.1) is 0 Å². The van der Waals surface area contributed by atoms with Gasteiger partial charge in [-0.1, -0.05) is 13.8 Å². The highest BCUT2D eigenvalue weighted by molar-refractivity contribution is 4.80. The van der Waals surface area contributed by atoms with E-state index in [0.29, 0.717) is 11.8 Å². The van der Waals surface area contributed by atoms with Gasteiger partial charge in [0.1, 0.15) is 0 Å². The summed E-state index contributed by atoms with van der Waals surface area (Å²) in [6.07, 6.45) is 2.94. The van der Waals surface area contributed by atoms with E-state index in [1.807, 2.05) is 6.92 Å². The van der Waals surface area contributed by atoms with Gasteiger partial charge in [0.05, 0.1) is 6.10 Å². The van der Waals surface area contributed by atoms with Crippen LogP contribution in [-0.4, -0.2) is 22.9 Å². The average molecular weight is 172 g/mol. The molecule has 0 heterocycles. The van der Waals surface area contributed by atoms with Crippen molar-refractivity contribution in [2.24, 2.45) is 17.8 Å². The summed E-state index contributed by atoms with van der Waals surface area (Å²) in [6, 6.07) is 0. The first-order chi connectivity index (χ1) is 5.65. The van der Waals surface area contributed by atoms with Gasteiger partial charge in [-0.05, 0) is 37.0 Å². The van der Waals surface area contributed by atoms with E-state index in [2.05, 4.69) is 6.92 Å². The molecule has 0 aromatic rings. The summed E-state index contributed by atoms with van der Waals surface area (Å²) in [5.74, 6) is 1.29. The third kappa shape index (κ3) is 2.20. The van der Waals surface area contributed by atoms with E-state index in [0.717, 1.165) is 19.3 Å². The van der Waals surface area contributed by atoms with Gasteiger partial charge < -0.3 is 10.2 Å². The Labute approximate surface area is 74.6 Å². The molecule has 0 radical (unpaired) electrons. The standard InChI is InChI=1S/C10H20O2/c1-7-3-4-10(12)9(5-7)8(2)6-11/h7-12H,3-6H2,1-2H3. The number of rotatable bonds is 2. The first kappa shape index (κ1) is 10.0. The van der Waals surface area contributed by atoms with Crippen LogP contribution in [0.5, 0.6) is 0 Å². The normalized spacial score (nSPS) is 39.5. The van der Waals surface area contributed by atoms with Gasteiger partial charge in [0.2, 0.25) is 0 Å². The SMILES string of the molecule is CC1CCC(O)C(C(C)CO)C1. The second-order valence-electron chi connectivity index (χ2n) is 4.31. The van der Waals surface area contributed by atoms with E-state index in [4.69, 9.17) is 5.11 Å². The van der Waals surface area contributed by atoms with Gasteiger partial charge in [0.15, 0.2) is 0 Å². The van der Waals surface area contributed by atoms with Gasteiger partial charge >= 0.3 is 0 Å². The monoisotopic (exact) mass is 172 g/mol. The van der Waals surface area contributed by atoms with Crippen LogP contribution in [0.15, 0.2) is 0 Å². The quantitative estimate of drug-likeness (QED) is 0.661. The Morgan fingerprint density at radius 1 is 1.42 bits per heavy atom. The molecule has 4 unspecified atom stereocenters. The predicted molar refractivity (Wildman–Crippen MR) is 48.8 cm³/mol. The maximum absolute atomic E-state index is 9.68. The minimum atomic E-state index is -0.177. The van der Waals surface area contributed by atoms with E-state index >= 15 is 0 Å². The molecule has 1 aliphatic carbocycles. The molecule has 4 atom stereocenters. The van der Waals surface area contributed by atoms with Gasteiger partial charge in [0.25, 0.3) is 0 Å². The van der Waals surface area contributed by atoms with Crippen molar-refractivity contribution in [3.05, 3.63) is 0 Å². The van der Waals surface area contributed by atoms with E-state index in [1.165, 1.54) is 0 Å². The summed E-state index contributed by atoms with van der Waals surface area (Å²) >= 11 is 0. The van der Waals surface area contributed by atoms with Crippen LogP contribution >= 0.6 is 0 Å². The summed E-state index contributed by atoms with van der Waals surface area (Å²) in [5.41, 5.74) is 0. The van der Waals surface area contributed by atoms with Crippen LogP contribution in [0.1, 0.15) is 33.1 Å². The summed E-state index contributed by atoms with van der Waals surface area (Å²) < 4.78 is 0. The largest absolute Gasteiger partial charge is 0.396 e. The first-order valence-corrected chi connectivity index (χ1v) is 4.94. The lowest BCUT2D eigenvalue weighted by Gasteiger charge is -2.34. The Hall–Kier alpha value is -0.0800. The third-order valence-electron chi connectivity index (χ3n) is 3.14. The zero-order valence-electron chi connectivity index (χ0n) is 8.03. The molecule has 0 saturated heterocycles. The van der Waals surface area contributed by atoms with Crippen molar-refractivity contribution < 1.29 is 10.2 Å². The zero-order chi connectivity index (χ0) is 9.14. The van der Waals surface area contributed by atoms with E-state index in [1.54, 1.807) is 0 Å². The van der Waals surface area contributed by atoms with E-state index in [-0.39, 0.29) is 18.6 Å². The smallest absolute Gasteiger partial charge is 0.0572 e. The number of hydrogen-bond donors (Lipinski definition) is 2. The number of aliphatic hydroxyl groups excluding tert-OH is 2. The topological polar surface area (TPSA) is 40.5 Å². The fourth-order valence-electron chi connectivity index (χ4n) is 2.16. The zero-order valence-corrected chi connectivity index (χ0v) is 8.03. The Kier molecular flexibility index (Phi) is 3.53. The number of hydrogen-bond acceptors (Lipinski definition) is 2. The Morgan fingerprint density at radius 3 is 2.67 bits per heavy atom. The van der Waals surface area contributed by atoms with Crippen molar-refractivity contribution in [2.45, 2.75) is 39.2 Å². The molecule has 1 aliphatic rings. The van der Waals surface area contributed by atoms with Crippen LogP contribution < -0.4 is 0 Å². The highest BCUT2D eigenvalue weighted by Crippen LogP contribution is 2.33. The lowest BCUT2D eigenvalue weighted by molar-refractivity contribution is 0.00893. The van der Waals surface area contributed by atoms with Crippen molar-refractivity contribution in [1.82, 2.24) is 0 Å². The fourth-order valence-corrected chi connectivity index (χ4v) is 2.16. The molecule has 1 rings (SSSR count). The van der Waals surface area contributed by atoms with Crippen LogP contribution in [0.3, 0.4) is 0 Å². The molecule has 0 aromatic heterocycles. The Morgan fingerprint density at radius 2 is 2.08 bits per heavy atom. The van der Waals surface area contributed by atoms with E-state index < -0.39 is 0 Å². The molecule has 12 heavy (non-hydrogen) atoms. The fraction of sp³-hybridized carbons (Fsp3) is 1.00. The molecule has 0 aliphatic heterocycles. The maximum Gasteiger partial charge on any atom is 0.0572 e. The lowest BCUT2D eigenvalue weighted by Crippen LogP contribution is -2.34. The highest BCUT2D eigenvalue weighted by atomic mass is 16.3. The molecule has 0 spiro atoms. The molecule has 2 N–H and O–H groups in total. The molecule has 2 heteroatoms. The summed E-state index contributed by atoms with van der Waals surface area (Å²) in [7, 11) is 0. The first-order valence-electron chi connectivity index (χ1n) is 4.94. The minimum Gasteiger partial charge on any atom is -0.396 e. The van der Waals surface area contributed by atoms with E-state index in [9.17, 15) is 5.11 Å². The second kappa shape index (κ2) is 4.24. The molecule has 0 bridgehead atoms.